The van der Waals surface area contributed by atoms with E-state index in [9.17, 15) is 9.90 Å². The third kappa shape index (κ3) is 4.47. The highest BCUT2D eigenvalue weighted by Gasteiger charge is 2.26. The third-order valence-corrected chi connectivity index (χ3v) is 2.79. The van der Waals surface area contributed by atoms with Gasteiger partial charge in [0, 0.05) is 33.3 Å². The maximum atomic E-state index is 11.6. The van der Waals surface area contributed by atoms with Crippen LogP contribution < -0.4 is 5.32 Å². The summed E-state index contributed by atoms with van der Waals surface area (Å²) >= 11 is 0. The zero-order valence-corrected chi connectivity index (χ0v) is 9.99. The molecule has 0 bridgehead atoms. The van der Waals surface area contributed by atoms with Gasteiger partial charge in [-0.15, -0.1) is 0 Å². The Labute approximate surface area is 96.1 Å². The van der Waals surface area contributed by atoms with Gasteiger partial charge < -0.3 is 19.9 Å². The average Bonchev–Trinajstić information content (AvgIpc) is 2.77. The van der Waals surface area contributed by atoms with E-state index in [-0.39, 0.29) is 18.4 Å². The van der Waals surface area contributed by atoms with Crippen LogP contribution in [0.4, 0.5) is 0 Å². The minimum atomic E-state index is -0.912. The van der Waals surface area contributed by atoms with Crippen molar-refractivity contribution in [3.63, 3.8) is 0 Å². The second kappa shape index (κ2) is 6.18. The van der Waals surface area contributed by atoms with E-state index in [1.165, 1.54) is 0 Å². The first-order valence-corrected chi connectivity index (χ1v) is 5.62. The molecule has 1 aliphatic heterocycles. The van der Waals surface area contributed by atoms with Gasteiger partial charge in [0.1, 0.15) is 0 Å². The Kier molecular flexibility index (Phi) is 5.18. The topological polar surface area (TPSA) is 67.8 Å². The molecule has 0 aromatic heterocycles. The van der Waals surface area contributed by atoms with Gasteiger partial charge >= 0.3 is 0 Å². The van der Waals surface area contributed by atoms with E-state index in [4.69, 9.17) is 9.47 Å². The van der Waals surface area contributed by atoms with Gasteiger partial charge in [-0.3, -0.25) is 4.79 Å². The number of carbonyl (C=O) groups excluding carboxylic acids is 1. The molecule has 1 fully saturated rings. The lowest BCUT2D eigenvalue weighted by Gasteiger charge is -2.23. The summed E-state index contributed by atoms with van der Waals surface area (Å²) in [5, 5.41) is 12.7. The minimum Gasteiger partial charge on any atom is -0.388 e. The molecule has 1 saturated heterocycles. The highest BCUT2D eigenvalue weighted by Crippen LogP contribution is 2.13. The van der Waals surface area contributed by atoms with Crippen molar-refractivity contribution in [3.05, 3.63) is 0 Å². The molecule has 0 aliphatic carbocycles. The Balaban J connectivity index is 2.24. The summed E-state index contributed by atoms with van der Waals surface area (Å²) < 4.78 is 10.0. The zero-order chi connectivity index (χ0) is 12.0. The number of carbonyl (C=O) groups is 1. The quantitative estimate of drug-likeness (QED) is 0.671. The molecule has 0 radical (unpaired) electrons. The summed E-state index contributed by atoms with van der Waals surface area (Å²) in [6.45, 7) is 3.57. The molecular weight excluding hydrogens is 210 g/mol. The monoisotopic (exact) mass is 231 g/mol. The lowest BCUT2D eigenvalue weighted by atomic mass is 10.0. The van der Waals surface area contributed by atoms with Crippen LogP contribution in [0.15, 0.2) is 0 Å². The maximum Gasteiger partial charge on any atom is 0.225 e. The van der Waals surface area contributed by atoms with Crippen molar-refractivity contribution in [2.75, 3.05) is 33.5 Å². The van der Waals surface area contributed by atoms with Gasteiger partial charge in [-0.2, -0.15) is 0 Å². The number of nitrogens with one attached hydrogen (secondary N) is 1. The van der Waals surface area contributed by atoms with E-state index in [0.29, 0.717) is 26.2 Å². The predicted molar refractivity (Wildman–Crippen MR) is 59.1 cm³/mol. The minimum absolute atomic E-state index is 0.0322. The van der Waals surface area contributed by atoms with Crippen LogP contribution in [0, 0.1) is 5.92 Å². The normalized spacial score (nSPS) is 24.1. The Morgan fingerprint density at radius 2 is 2.44 bits per heavy atom. The van der Waals surface area contributed by atoms with Crippen LogP contribution in [0.2, 0.25) is 0 Å². The molecule has 2 N–H and O–H groups in total. The summed E-state index contributed by atoms with van der Waals surface area (Å²) in [6, 6.07) is 0. The molecule has 5 heteroatoms. The molecule has 16 heavy (non-hydrogen) atoms. The van der Waals surface area contributed by atoms with Crippen molar-refractivity contribution < 1.29 is 19.4 Å². The van der Waals surface area contributed by atoms with E-state index < -0.39 is 5.60 Å². The van der Waals surface area contributed by atoms with Gasteiger partial charge in [0.2, 0.25) is 5.91 Å². The predicted octanol–water partition coefficient (Wildman–Crippen LogP) is -0.0734. The largest absolute Gasteiger partial charge is 0.388 e. The molecule has 1 aliphatic rings. The van der Waals surface area contributed by atoms with Gasteiger partial charge in [-0.05, 0) is 13.3 Å². The molecule has 2 unspecified atom stereocenters. The van der Waals surface area contributed by atoms with E-state index in [1.807, 2.05) is 0 Å². The van der Waals surface area contributed by atoms with Crippen molar-refractivity contribution in [3.8, 4) is 0 Å². The molecule has 1 amide bonds. The zero-order valence-electron chi connectivity index (χ0n) is 9.99. The van der Waals surface area contributed by atoms with E-state index >= 15 is 0 Å². The van der Waals surface area contributed by atoms with Gasteiger partial charge in [0.25, 0.3) is 0 Å². The van der Waals surface area contributed by atoms with Crippen molar-refractivity contribution >= 4 is 5.91 Å². The highest BCUT2D eigenvalue weighted by atomic mass is 16.5. The molecular formula is C11H21NO4. The standard InChI is InChI=1S/C11H21NO4/c1-11(14,4-6-15-2)8-12-10(13)9-3-5-16-7-9/h9,14H,3-8H2,1-2H3,(H,12,13). The van der Waals surface area contributed by atoms with Crippen molar-refractivity contribution in [2.45, 2.75) is 25.4 Å². The number of methoxy groups -OCH3 is 1. The smallest absolute Gasteiger partial charge is 0.225 e. The number of ether oxygens (including phenoxy) is 2. The second-order valence-corrected chi connectivity index (χ2v) is 4.52. The van der Waals surface area contributed by atoms with Crippen LogP contribution in [0.25, 0.3) is 0 Å². The first-order chi connectivity index (χ1) is 7.55. The fourth-order valence-electron chi connectivity index (χ4n) is 1.57. The molecule has 1 rings (SSSR count). The number of hydrogen-bond acceptors (Lipinski definition) is 4. The van der Waals surface area contributed by atoms with Gasteiger partial charge in [-0.25, -0.2) is 0 Å². The molecule has 1 heterocycles. The molecule has 0 aromatic rings. The van der Waals surface area contributed by atoms with Gasteiger partial charge in [0.15, 0.2) is 0 Å². The molecule has 0 aromatic carbocycles. The average molecular weight is 231 g/mol. The first-order valence-electron chi connectivity index (χ1n) is 5.62. The van der Waals surface area contributed by atoms with Crippen LogP contribution in [0.3, 0.4) is 0 Å². The van der Waals surface area contributed by atoms with Crippen LogP contribution in [0.5, 0.6) is 0 Å². The molecule has 0 saturated carbocycles. The van der Waals surface area contributed by atoms with Crippen LogP contribution in [-0.2, 0) is 14.3 Å². The Bertz CT molecular complexity index is 224. The Hall–Kier alpha value is -0.650. The lowest BCUT2D eigenvalue weighted by molar-refractivity contribution is -0.126. The highest BCUT2D eigenvalue weighted by molar-refractivity contribution is 5.79. The SMILES string of the molecule is COCCC(C)(O)CNC(=O)C1CCOC1. The summed E-state index contributed by atoms with van der Waals surface area (Å²) in [5.74, 6) is -0.0894. The lowest BCUT2D eigenvalue weighted by Crippen LogP contribution is -2.43. The van der Waals surface area contributed by atoms with Crippen molar-refractivity contribution in [1.29, 1.82) is 0 Å². The fraction of sp³-hybridized carbons (Fsp3) is 0.909. The summed E-state index contributed by atoms with van der Waals surface area (Å²) in [4.78, 5) is 11.6. The number of amides is 1. The van der Waals surface area contributed by atoms with Crippen LogP contribution >= 0.6 is 0 Å². The summed E-state index contributed by atoms with van der Waals surface area (Å²) in [7, 11) is 1.59. The van der Waals surface area contributed by atoms with Crippen molar-refractivity contribution in [2.24, 2.45) is 5.92 Å². The number of hydrogen-bond donors (Lipinski definition) is 2. The number of aliphatic hydroxyl groups is 1. The Morgan fingerprint density at radius 1 is 1.69 bits per heavy atom. The van der Waals surface area contributed by atoms with Crippen LogP contribution in [0.1, 0.15) is 19.8 Å². The Morgan fingerprint density at radius 3 is 3.00 bits per heavy atom. The fourth-order valence-corrected chi connectivity index (χ4v) is 1.57. The number of rotatable bonds is 6. The van der Waals surface area contributed by atoms with Crippen LogP contribution in [-0.4, -0.2) is 50.1 Å². The molecule has 94 valence electrons. The second-order valence-electron chi connectivity index (χ2n) is 4.52. The summed E-state index contributed by atoms with van der Waals surface area (Å²) in [6.07, 6.45) is 1.27. The van der Waals surface area contributed by atoms with Gasteiger partial charge in [0.05, 0.1) is 18.1 Å². The third-order valence-electron chi connectivity index (χ3n) is 2.79. The van der Waals surface area contributed by atoms with E-state index in [1.54, 1.807) is 14.0 Å². The first kappa shape index (κ1) is 13.4. The molecule has 0 spiro atoms. The summed E-state index contributed by atoms with van der Waals surface area (Å²) in [5.41, 5.74) is -0.912. The molecule has 2 atom stereocenters. The van der Waals surface area contributed by atoms with Crippen molar-refractivity contribution in [1.82, 2.24) is 5.32 Å². The maximum absolute atomic E-state index is 11.6. The molecule has 5 nitrogen and oxygen atoms in total. The van der Waals surface area contributed by atoms with E-state index in [2.05, 4.69) is 5.32 Å². The van der Waals surface area contributed by atoms with E-state index in [0.717, 1.165) is 6.42 Å². The van der Waals surface area contributed by atoms with Gasteiger partial charge in [-0.1, -0.05) is 0 Å².